The molecule has 0 aromatic rings. The van der Waals surface area contributed by atoms with Crippen LogP contribution in [0, 0.1) is 5.41 Å². The van der Waals surface area contributed by atoms with Gasteiger partial charge in [-0.3, -0.25) is 9.59 Å². The summed E-state index contributed by atoms with van der Waals surface area (Å²) in [4.78, 5) is 36.6. The van der Waals surface area contributed by atoms with Crippen molar-refractivity contribution in [3.8, 4) is 0 Å². The summed E-state index contributed by atoms with van der Waals surface area (Å²) in [6, 6.07) is 0. The van der Waals surface area contributed by atoms with E-state index in [0.29, 0.717) is 19.4 Å². The van der Waals surface area contributed by atoms with Crippen molar-refractivity contribution < 1.29 is 28.6 Å². The summed E-state index contributed by atoms with van der Waals surface area (Å²) in [5.74, 6) is -1.37. The standard InChI is InChI=1S/C15H20O6/c1-3-10(16)21-12-11(20-9-19-4-2)13(17)15(14(12)18)7-5-6-8-15/h3,11-12H,1,4-9H2,2H3. The van der Waals surface area contributed by atoms with Crippen LogP contribution in [-0.4, -0.2) is 43.1 Å². The summed E-state index contributed by atoms with van der Waals surface area (Å²) in [6.07, 6.45) is 1.34. The number of rotatable bonds is 6. The summed E-state index contributed by atoms with van der Waals surface area (Å²) in [5, 5.41) is 0. The Morgan fingerprint density at radius 3 is 2.48 bits per heavy atom. The third-order valence-electron chi connectivity index (χ3n) is 4.14. The van der Waals surface area contributed by atoms with Crippen molar-refractivity contribution >= 4 is 17.5 Å². The molecule has 2 fully saturated rings. The van der Waals surface area contributed by atoms with Crippen LogP contribution >= 0.6 is 0 Å². The van der Waals surface area contributed by atoms with Gasteiger partial charge in [-0.1, -0.05) is 19.4 Å². The van der Waals surface area contributed by atoms with E-state index < -0.39 is 23.6 Å². The second-order valence-corrected chi connectivity index (χ2v) is 5.28. The minimum atomic E-state index is -1.19. The molecule has 0 aromatic carbocycles. The van der Waals surface area contributed by atoms with Gasteiger partial charge in [-0.25, -0.2) is 4.79 Å². The number of carbonyl (C=O) groups is 3. The van der Waals surface area contributed by atoms with E-state index in [0.717, 1.165) is 18.9 Å². The fourth-order valence-corrected chi connectivity index (χ4v) is 3.07. The zero-order valence-electron chi connectivity index (χ0n) is 12.1. The van der Waals surface area contributed by atoms with Gasteiger partial charge in [0.05, 0.1) is 5.41 Å². The van der Waals surface area contributed by atoms with Crippen LogP contribution in [0.25, 0.3) is 0 Å². The van der Waals surface area contributed by atoms with Crippen molar-refractivity contribution in [2.75, 3.05) is 13.4 Å². The zero-order valence-corrected chi connectivity index (χ0v) is 12.1. The molecule has 0 aliphatic heterocycles. The molecule has 2 aliphatic carbocycles. The lowest BCUT2D eigenvalue weighted by Crippen LogP contribution is -2.36. The molecule has 0 saturated heterocycles. The highest BCUT2D eigenvalue weighted by atomic mass is 16.7. The molecule has 0 bridgehead atoms. The highest BCUT2D eigenvalue weighted by Crippen LogP contribution is 2.47. The molecular formula is C15H20O6. The number of carbonyl (C=O) groups excluding carboxylic acids is 3. The van der Waals surface area contributed by atoms with Gasteiger partial charge in [-0.15, -0.1) is 0 Å². The third-order valence-corrected chi connectivity index (χ3v) is 4.14. The molecule has 0 radical (unpaired) electrons. The lowest BCUT2D eigenvalue weighted by molar-refractivity contribution is -0.166. The van der Waals surface area contributed by atoms with Crippen LogP contribution in [0.3, 0.4) is 0 Å². The highest BCUT2D eigenvalue weighted by molar-refractivity contribution is 6.18. The first-order valence-electron chi connectivity index (χ1n) is 7.18. The van der Waals surface area contributed by atoms with Crippen LogP contribution in [-0.2, 0) is 28.6 Å². The Balaban J connectivity index is 2.20. The van der Waals surface area contributed by atoms with E-state index >= 15 is 0 Å². The summed E-state index contributed by atoms with van der Waals surface area (Å²) < 4.78 is 15.5. The van der Waals surface area contributed by atoms with Crippen molar-refractivity contribution in [2.45, 2.75) is 44.8 Å². The minimum Gasteiger partial charge on any atom is -0.448 e. The molecule has 0 aromatic heterocycles. The molecule has 2 unspecified atom stereocenters. The van der Waals surface area contributed by atoms with Crippen molar-refractivity contribution in [1.29, 1.82) is 0 Å². The Morgan fingerprint density at radius 2 is 1.90 bits per heavy atom. The van der Waals surface area contributed by atoms with E-state index in [1.54, 1.807) is 6.92 Å². The van der Waals surface area contributed by atoms with E-state index in [-0.39, 0.29) is 18.4 Å². The maximum absolute atomic E-state index is 12.6. The average molecular weight is 296 g/mol. The van der Waals surface area contributed by atoms with Crippen LogP contribution in [0.5, 0.6) is 0 Å². The molecule has 2 saturated carbocycles. The second kappa shape index (κ2) is 6.49. The van der Waals surface area contributed by atoms with E-state index in [2.05, 4.69) is 6.58 Å². The second-order valence-electron chi connectivity index (χ2n) is 5.28. The number of ether oxygens (including phenoxy) is 3. The number of Topliss-reactive ketones (excluding diaryl/α,β-unsaturated/α-hetero) is 2. The predicted molar refractivity (Wildman–Crippen MR) is 72.4 cm³/mol. The maximum atomic E-state index is 12.6. The number of ketones is 2. The Morgan fingerprint density at radius 1 is 1.29 bits per heavy atom. The van der Waals surface area contributed by atoms with Gasteiger partial charge in [-0.05, 0) is 19.8 Å². The van der Waals surface area contributed by atoms with Crippen LogP contribution in [0.1, 0.15) is 32.6 Å². The number of hydrogen-bond acceptors (Lipinski definition) is 6. The van der Waals surface area contributed by atoms with E-state index in [9.17, 15) is 14.4 Å². The highest BCUT2D eigenvalue weighted by Gasteiger charge is 2.63. The molecule has 1 spiro atoms. The van der Waals surface area contributed by atoms with Gasteiger partial charge in [0, 0.05) is 12.7 Å². The Hall–Kier alpha value is -1.53. The third kappa shape index (κ3) is 2.78. The molecule has 0 N–H and O–H groups in total. The molecule has 6 heteroatoms. The van der Waals surface area contributed by atoms with Crippen LogP contribution in [0.15, 0.2) is 12.7 Å². The summed E-state index contributed by atoms with van der Waals surface area (Å²) in [5.41, 5.74) is -1.04. The molecule has 6 nitrogen and oxygen atoms in total. The monoisotopic (exact) mass is 296 g/mol. The summed E-state index contributed by atoms with van der Waals surface area (Å²) >= 11 is 0. The van der Waals surface area contributed by atoms with Gasteiger partial charge >= 0.3 is 5.97 Å². The van der Waals surface area contributed by atoms with Gasteiger partial charge in [-0.2, -0.15) is 0 Å². The fourth-order valence-electron chi connectivity index (χ4n) is 3.07. The van der Waals surface area contributed by atoms with Crippen LogP contribution in [0.4, 0.5) is 0 Å². The van der Waals surface area contributed by atoms with E-state index in [1.807, 2.05) is 0 Å². The quantitative estimate of drug-likeness (QED) is 0.241. The number of esters is 1. The van der Waals surface area contributed by atoms with Gasteiger partial charge in [0.2, 0.25) is 0 Å². The first-order valence-corrected chi connectivity index (χ1v) is 7.18. The molecule has 2 rings (SSSR count). The van der Waals surface area contributed by atoms with E-state index in [4.69, 9.17) is 14.2 Å². The first kappa shape index (κ1) is 15.9. The average Bonchev–Trinajstić information content (AvgIpc) is 3.04. The summed E-state index contributed by atoms with van der Waals surface area (Å²) in [7, 11) is 0. The lowest BCUT2D eigenvalue weighted by Gasteiger charge is -2.18. The largest absolute Gasteiger partial charge is 0.448 e. The molecule has 2 aliphatic rings. The van der Waals surface area contributed by atoms with Gasteiger partial charge in [0.25, 0.3) is 0 Å². The van der Waals surface area contributed by atoms with Crippen LogP contribution in [0.2, 0.25) is 0 Å². The van der Waals surface area contributed by atoms with Crippen molar-refractivity contribution in [3.05, 3.63) is 12.7 Å². The fraction of sp³-hybridized carbons (Fsp3) is 0.667. The lowest BCUT2D eigenvalue weighted by atomic mass is 9.82. The zero-order chi connectivity index (χ0) is 15.5. The molecule has 0 heterocycles. The smallest absolute Gasteiger partial charge is 0.330 e. The van der Waals surface area contributed by atoms with Crippen molar-refractivity contribution in [2.24, 2.45) is 5.41 Å². The molecule has 21 heavy (non-hydrogen) atoms. The Labute approximate surface area is 123 Å². The molecule has 116 valence electrons. The van der Waals surface area contributed by atoms with Crippen molar-refractivity contribution in [3.63, 3.8) is 0 Å². The topological polar surface area (TPSA) is 78.9 Å². The van der Waals surface area contributed by atoms with Gasteiger partial charge in [0.1, 0.15) is 6.79 Å². The van der Waals surface area contributed by atoms with Crippen LogP contribution < -0.4 is 0 Å². The molecule has 0 amide bonds. The Bertz CT molecular complexity index is 449. The minimum absolute atomic E-state index is 0.113. The molecule has 2 atom stereocenters. The number of hydrogen-bond donors (Lipinski definition) is 0. The van der Waals surface area contributed by atoms with Gasteiger partial charge < -0.3 is 14.2 Å². The summed E-state index contributed by atoms with van der Waals surface area (Å²) in [6.45, 7) is 5.41. The maximum Gasteiger partial charge on any atom is 0.330 e. The van der Waals surface area contributed by atoms with E-state index in [1.165, 1.54) is 0 Å². The van der Waals surface area contributed by atoms with Crippen molar-refractivity contribution in [1.82, 2.24) is 0 Å². The first-order chi connectivity index (χ1) is 10.1. The predicted octanol–water partition coefficient (Wildman–Crippen LogP) is 1.18. The normalized spacial score (nSPS) is 27.3. The molecular weight excluding hydrogens is 276 g/mol. The Kier molecular flexibility index (Phi) is 4.90. The SMILES string of the molecule is C=CC(=O)OC1C(=O)C2(CCCC2)C(=O)C1OCOCC. The van der Waals surface area contributed by atoms with Gasteiger partial charge in [0.15, 0.2) is 23.8 Å².